The van der Waals surface area contributed by atoms with Crippen LogP contribution in [0.5, 0.6) is 17.2 Å². The van der Waals surface area contributed by atoms with Gasteiger partial charge in [0.25, 0.3) is 0 Å². The molecule has 2 aromatic carbocycles. The number of aliphatic hydroxyl groups is 1. The van der Waals surface area contributed by atoms with E-state index >= 15 is 0 Å². The SMILES string of the molecule is CCNC(=NCC(O)c1cc(OC)ccc1OC)N(C)CCOc1ccccc1F. The minimum absolute atomic E-state index is 0.129. The fourth-order valence-electron chi connectivity index (χ4n) is 2.80. The van der Waals surface area contributed by atoms with Crippen molar-refractivity contribution in [3.05, 3.63) is 53.8 Å². The van der Waals surface area contributed by atoms with Crippen LogP contribution in [0.25, 0.3) is 0 Å². The number of para-hydroxylation sites is 1. The standard InChI is InChI=1S/C22H30FN3O4/c1-5-24-22(26(2)12-13-30-21-9-7-6-8-18(21)23)25-15-19(27)17-14-16(28-3)10-11-20(17)29-4/h6-11,14,19,27H,5,12-13,15H2,1-4H3,(H,24,25). The number of halogens is 1. The van der Waals surface area contributed by atoms with E-state index in [1.165, 1.54) is 6.07 Å². The van der Waals surface area contributed by atoms with Crippen molar-refractivity contribution in [2.75, 3.05) is 47.5 Å². The van der Waals surface area contributed by atoms with Crippen LogP contribution in [0, 0.1) is 5.82 Å². The lowest BCUT2D eigenvalue weighted by Crippen LogP contribution is -2.41. The number of guanidine groups is 1. The summed E-state index contributed by atoms with van der Waals surface area (Å²) in [4.78, 5) is 6.38. The van der Waals surface area contributed by atoms with Crippen LogP contribution in [-0.2, 0) is 0 Å². The van der Waals surface area contributed by atoms with E-state index in [0.717, 1.165) is 0 Å². The van der Waals surface area contributed by atoms with E-state index in [1.54, 1.807) is 50.6 Å². The van der Waals surface area contributed by atoms with Gasteiger partial charge in [-0.3, -0.25) is 4.99 Å². The molecule has 1 atom stereocenters. The Hall–Kier alpha value is -3.00. The first-order chi connectivity index (χ1) is 14.5. The van der Waals surface area contributed by atoms with Gasteiger partial charge >= 0.3 is 0 Å². The van der Waals surface area contributed by atoms with Crippen molar-refractivity contribution in [2.24, 2.45) is 4.99 Å². The van der Waals surface area contributed by atoms with Crippen molar-refractivity contribution in [1.29, 1.82) is 0 Å². The quantitative estimate of drug-likeness (QED) is 0.456. The highest BCUT2D eigenvalue weighted by molar-refractivity contribution is 5.79. The van der Waals surface area contributed by atoms with Gasteiger partial charge in [-0.2, -0.15) is 0 Å². The second kappa shape index (κ2) is 11.9. The summed E-state index contributed by atoms with van der Waals surface area (Å²) in [5.74, 6) is 1.62. The molecule has 1 unspecified atom stereocenters. The Morgan fingerprint density at radius 1 is 1.17 bits per heavy atom. The molecule has 2 N–H and O–H groups in total. The number of aliphatic hydroxyl groups excluding tert-OH is 1. The number of likely N-dealkylation sites (N-methyl/N-ethyl adjacent to an activating group) is 1. The Labute approximate surface area is 177 Å². The summed E-state index contributed by atoms with van der Waals surface area (Å²) in [6.45, 7) is 3.52. The predicted molar refractivity (Wildman–Crippen MR) is 115 cm³/mol. The lowest BCUT2D eigenvalue weighted by atomic mass is 10.1. The van der Waals surface area contributed by atoms with Gasteiger partial charge in [0.1, 0.15) is 24.2 Å². The lowest BCUT2D eigenvalue weighted by Gasteiger charge is -2.23. The fraction of sp³-hybridized carbons (Fsp3) is 0.409. The molecule has 0 heterocycles. The van der Waals surface area contributed by atoms with Gasteiger partial charge in [-0.1, -0.05) is 12.1 Å². The van der Waals surface area contributed by atoms with Gasteiger partial charge in [0, 0.05) is 19.2 Å². The monoisotopic (exact) mass is 419 g/mol. The zero-order valence-electron chi connectivity index (χ0n) is 17.9. The summed E-state index contributed by atoms with van der Waals surface area (Å²) in [6.07, 6.45) is -0.869. The van der Waals surface area contributed by atoms with Crippen LogP contribution in [0.2, 0.25) is 0 Å². The molecule has 0 radical (unpaired) electrons. The molecular weight excluding hydrogens is 389 g/mol. The smallest absolute Gasteiger partial charge is 0.193 e. The number of hydrogen-bond donors (Lipinski definition) is 2. The third-order valence-electron chi connectivity index (χ3n) is 4.43. The maximum Gasteiger partial charge on any atom is 0.193 e. The predicted octanol–water partition coefficient (Wildman–Crippen LogP) is 2.85. The van der Waals surface area contributed by atoms with E-state index in [-0.39, 0.29) is 18.9 Å². The molecule has 2 rings (SSSR count). The Bertz CT molecular complexity index is 832. The fourth-order valence-corrected chi connectivity index (χ4v) is 2.80. The number of benzene rings is 2. The van der Waals surface area contributed by atoms with Crippen LogP contribution in [0.1, 0.15) is 18.6 Å². The maximum atomic E-state index is 13.7. The molecule has 8 heteroatoms. The molecule has 0 amide bonds. The van der Waals surface area contributed by atoms with E-state index in [1.807, 2.05) is 18.9 Å². The van der Waals surface area contributed by atoms with E-state index < -0.39 is 11.9 Å². The van der Waals surface area contributed by atoms with Gasteiger partial charge in [0.05, 0.1) is 27.3 Å². The van der Waals surface area contributed by atoms with Crippen molar-refractivity contribution in [3.63, 3.8) is 0 Å². The van der Waals surface area contributed by atoms with Crippen molar-refractivity contribution in [2.45, 2.75) is 13.0 Å². The number of nitrogens with zero attached hydrogens (tertiary/aromatic N) is 2. The molecule has 7 nitrogen and oxygen atoms in total. The topological polar surface area (TPSA) is 75.6 Å². The molecule has 0 spiro atoms. The summed E-state index contributed by atoms with van der Waals surface area (Å²) in [6, 6.07) is 11.5. The van der Waals surface area contributed by atoms with E-state index in [9.17, 15) is 9.50 Å². The first-order valence-electron chi connectivity index (χ1n) is 9.76. The maximum absolute atomic E-state index is 13.7. The van der Waals surface area contributed by atoms with Gasteiger partial charge in [-0.15, -0.1) is 0 Å². The van der Waals surface area contributed by atoms with E-state index in [4.69, 9.17) is 14.2 Å². The van der Waals surface area contributed by atoms with Crippen LogP contribution in [0.4, 0.5) is 4.39 Å². The van der Waals surface area contributed by atoms with Gasteiger partial charge in [-0.05, 0) is 37.3 Å². The summed E-state index contributed by atoms with van der Waals surface area (Å²) in [5.41, 5.74) is 0.599. The summed E-state index contributed by atoms with van der Waals surface area (Å²) in [7, 11) is 4.97. The van der Waals surface area contributed by atoms with E-state index in [0.29, 0.717) is 36.1 Å². The first-order valence-corrected chi connectivity index (χ1v) is 9.76. The Morgan fingerprint density at radius 2 is 1.93 bits per heavy atom. The van der Waals surface area contributed by atoms with Crippen molar-refractivity contribution in [1.82, 2.24) is 10.2 Å². The average Bonchev–Trinajstić information content (AvgIpc) is 2.77. The second-order valence-corrected chi connectivity index (χ2v) is 6.52. The average molecular weight is 419 g/mol. The van der Waals surface area contributed by atoms with E-state index in [2.05, 4.69) is 10.3 Å². The zero-order valence-corrected chi connectivity index (χ0v) is 17.9. The van der Waals surface area contributed by atoms with Gasteiger partial charge in [-0.25, -0.2) is 4.39 Å². The molecular formula is C22H30FN3O4. The molecule has 0 saturated heterocycles. The Kier molecular flexibility index (Phi) is 9.21. The largest absolute Gasteiger partial charge is 0.497 e. The first kappa shape index (κ1) is 23.3. The molecule has 0 bridgehead atoms. The molecule has 0 aliphatic carbocycles. The minimum Gasteiger partial charge on any atom is -0.497 e. The Balaban J connectivity index is 2.01. The number of hydrogen-bond acceptors (Lipinski definition) is 5. The molecule has 0 aromatic heterocycles. The normalized spacial score (nSPS) is 12.3. The molecule has 0 saturated carbocycles. The molecule has 30 heavy (non-hydrogen) atoms. The minimum atomic E-state index is -0.869. The highest BCUT2D eigenvalue weighted by Gasteiger charge is 2.15. The summed E-state index contributed by atoms with van der Waals surface area (Å²) in [5, 5.41) is 13.8. The van der Waals surface area contributed by atoms with Gasteiger partial charge < -0.3 is 29.5 Å². The third-order valence-corrected chi connectivity index (χ3v) is 4.43. The lowest BCUT2D eigenvalue weighted by molar-refractivity contribution is 0.181. The van der Waals surface area contributed by atoms with Crippen LogP contribution < -0.4 is 19.5 Å². The molecule has 0 aliphatic heterocycles. The molecule has 0 fully saturated rings. The van der Waals surface area contributed by atoms with Gasteiger partial charge in [0.15, 0.2) is 17.5 Å². The van der Waals surface area contributed by atoms with Crippen LogP contribution in [0.15, 0.2) is 47.5 Å². The third kappa shape index (κ3) is 6.52. The number of nitrogens with one attached hydrogen (secondary N) is 1. The van der Waals surface area contributed by atoms with Crippen molar-refractivity contribution < 1.29 is 23.7 Å². The van der Waals surface area contributed by atoms with Crippen molar-refractivity contribution in [3.8, 4) is 17.2 Å². The van der Waals surface area contributed by atoms with Crippen LogP contribution in [-0.4, -0.2) is 63.5 Å². The number of rotatable bonds is 10. The second-order valence-electron chi connectivity index (χ2n) is 6.52. The molecule has 0 aliphatic rings. The van der Waals surface area contributed by atoms with Crippen LogP contribution in [0.3, 0.4) is 0 Å². The van der Waals surface area contributed by atoms with Gasteiger partial charge in [0.2, 0.25) is 0 Å². The number of methoxy groups -OCH3 is 2. The highest BCUT2D eigenvalue weighted by Crippen LogP contribution is 2.29. The summed E-state index contributed by atoms with van der Waals surface area (Å²) < 4.78 is 29.7. The number of ether oxygens (including phenoxy) is 3. The summed E-state index contributed by atoms with van der Waals surface area (Å²) >= 11 is 0. The zero-order chi connectivity index (χ0) is 21.9. The molecule has 2 aromatic rings. The Morgan fingerprint density at radius 3 is 2.60 bits per heavy atom. The van der Waals surface area contributed by atoms with Crippen LogP contribution >= 0.6 is 0 Å². The highest BCUT2D eigenvalue weighted by atomic mass is 19.1. The number of aliphatic imine (C=N–C) groups is 1. The van der Waals surface area contributed by atoms with Crippen molar-refractivity contribution >= 4 is 5.96 Å². The molecule has 164 valence electrons.